The first-order chi connectivity index (χ1) is 10.2. The molecule has 0 aromatic carbocycles. The Balaban J connectivity index is 2.04. The van der Waals surface area contributed by atoms with Gasteiger partial charge in [-0.2, -0.15) is 4.98 Å². The van der Waals surface area contributed by atoms with E-state index in [1.807, 2.05) is 19.1 Å². The van der Waals surface area contributed by atoms with Crippen molar-refractivity contribution in [2.75, 3.05) is 0 Å². The molecular weight excluding hydrogens is 274 g/mol. The van der Waals surface area contributed by atoms with Gasteiger partial charge in [-0.15, -0.1) is 0 Å². The molecule has 3 aromatic rings. The highest BCUT2D eigenvalue weighted by Gasteiger charge is 2.21. The fourth-order valence-corrected chi connectivity index (χ4v) is 1.97. The van der Waals surface area contributed by atoms with Crippen molar-refractivity contribution in [1.82, 2.24) is 25.1 Å². The highest BCUT2D eigenvalue weighted by molar-refractivity contribution is 5.91. The van der Waals surface area contributed by atoms with E-state index >= 15 is 0 Å². The summed E-state index contributed by atoms with van der Waals surface area (Å²) in [6.45, 7) is 2.00. The number of carbonyl (C=O) groups is 1. The third-order valence-electron chi connectivity index (χ3n) is 2.97. The second-order valence-corrected chi connectivity index (χ2v) is 4.22. The van der Waals surface area contributed by atoms with E-state index in [0.29, 0.717) is 11.5 Å². The van der Waals surface area contributed by atoms with Gasteiger partial charge in [0.1, 0.15) is 11.4 Å². The van der Waals surface area contributed by atoms with E-state index in [0.717, 1.165) is 12.0 Å². The lowest BCUT2D eigenvalue weighted by Crippen LogP contribution is -1.99. The third kappa shape index (κ3) is 2.27. The van der Waals surface area contributed by atoms with E-state index in [4.69, 9.17) is 9.63 Å². The van der Waals surface area contributed by atoms with E-state index in [2.05, 4.69) is 25.1 Å². The largest absolute Gasteiger partial charge is 0.476 e. The van der Waals surface area contributed by atoms with Gasteiger partial charge in [0.25, 0.3) is 5.89 Å². The summed E-state index contributed by atoms with van der Waals surface area (Å²) in [4.78, 5) is 25.9. The van der Waals surface area contributed by atoms with Gasteiger partial charge in [-0.1, -0.05) is 18.1 Å². The Morgan fingerprint density at radius 3 is 3.05 bits per heavy atom. The zero-order chi connectivity index (χ0) is 14.8. The second kappa shape index (κ2) is 5.16. The number of nitrogens with one attached hydrogen (secondary N) is 1. The number of carboxylic acid groups (broad SMARTS) is 1. The molecule has 0 aliphatic rings. The lowest BCUT2D eigenvalue weighted by Gasteiger charge is -2.00. The van der Waals surface area contributed by atoms with Crippen LogP contribution in [0.3, 0.4) is 0 Å². The first kappa shape index (κ1) is 13.0. The molecule has 0 saturated heterocycles. The number of aromatic amines is 1. The quantitative estimate of drug-likeness (QED) is 0.750. The van der Waals surface area contributed by atoms with Crippen molar-refractivity contribution >= 4 is 5.97 Å². The standard InChI is InChI=1S/C13H11N5O3/c1-2-7-4-3-5-14-8(7)11-17-12(21-18-11)9-10(13(19)20)16-6-15-9/h3-6H,2H2,1H3,(H,15,16)(H,19,20). The molecule has 3 aromatic heterocycles. The summed E-state index contributed by atoms with van der Waals surface area (Å²) in [5.74, 6) is -0.793. The van der Waals surface area contributed by atoms with E-state index in [-0.39, 0.29) is 17.3 Å². The lowest BCUT2D eigenvalue weighted by atomic mass is 10.1. The number of aryl methyl sites for hydroxylation is 1. The van der Waals surface area contributed by atoms with E-state index in [9.17, 15) is 4.79 Å². The Morgan fingerprint density at radius 2 is 2.29 bits per heavy atom. The van der Waals surface area contributed by atoms with Crippen molar-refractivity contribution in [1.29, 1.82) is 0 Å². The van der Waals surface area contributed by atoms with Crippen LogP contribution in [0.25, 0.3) is 23.1 Å². The first-order valence-electron chi connectivity index (χ1n) is 6.25. The van der Waals surface area contributed by atoms with Crippen molar-refractivity contribution in [3.05, 3.63) is 35.9 Å². The fourth-order valence-electron chi connectivity index (χ4n) is 1.97. The van der Waals surface area contributed by atoms with Crippen LogP contribution in [0.5, 0.6) is 0 Å². The van der Waals surface area contributed by atoms with Crippen LogP contribution in [0.1, 0.15) is 23.0 Å². The molecule has 3 heterocycles. The van der Waals surface area contributed by atoms with Gasteiger partial charge in [0.05, 0.1) is 6.33 Å². The van der Waals surface area contributed by atoms with Crippen LogP contribution >= 0.6 is 0 Å². The molecule has 0 saturated carbocycles. The molecule has 0 aliphatic heterocycles. The number of hydrogen-bond acceptors (Lipinski definition) is 6. The monoisotopic (exact) mass is 285 g/mol. The van der Waals surface area contributed by atoms with Crippen molar-refractivity contribution in [3.8, 4) is 23.1 Å². The summed E-state index contributed by atoms with van der Waals surface area (Å²) in [6, 6.07) is 3.76. The van der Waals surface area contributed by atoms with E-state index < -0.39 is 5.97 Å². The van der Waals surface area contributed by atoms with Gasteiger partial charge in [0, 0.05) is 6.20 Å². The van der Waals surface area contributed by atoms with Gasteiger partial charge in [-0.3, -0.25) is 4.98 Å². The molecule has 2 N–H and O–H groups in total. The summed E-state index contributed by atoms with van der Waals surface area (Å²) in [7, 11) is 0. The number of imidazole rings is 1. The summed E-state index contributed by atoms with van der Waals surface area (Å²) in [5, 5.41) is 12.9. The lowest BCUT2D eigenvalue weighted by molar-refractivity contribution is 0.0691. The number of hydrogen-bond donors (Lipinski definition) is 2. The molecule has 0 spiro atoms. The maximum atomic E-state index is 11.0. The van der Waals surface area contributed by atoms with Crippen molar-refractivity contribution < 1.29 is 14.4 Å². The number of nitrogens with zero attached hydrogens (tertiary/aromatic N) is 4. The zero-order valence-electron chi connectivity index (χ0n) is 11.1. The smallest absolute Gasteiger partial charge is 0.356 e. The van der Waals surface area contributed by atoms with Crippen LogP contribution in [0.4, 0.5) is 0 Å². The van der Waals surface area contributed by atoms with Crippen LogP contribution in [0.15, 0.2) is 29.2 Å². The second-order valence-electron chi connectivity index (χ2n) is 4.22. The van der Waals surface area contributed by atoms with Gasteiger partial charge in [0.2, 0.25) is 5.82 Å². The Hall–Kier alpha value is -3.03. The molecule has 8 nitrogen and oxygen atoms in total. The molecular formula is C13H11N5O3. The average molecular weight is 285 g/mol. The first-order valence-corrected chi connectivity index (χ1v) is 6.25. The van der Waals surface area contributed by atoms with Crippen LogP contribution in [-0.4, -0.2) is 36.2 Å². The van der Waals surface area contributed by atoms with E-state index in [1.165, 1.54) is 6.33 Å². The Labute approximate surface area is 118 Å². The van der Waals surface area contributed by atoms with Gasteiger partial charge in [-0.05, 0) is 18.1 Å². The third-order valence-corrected chi connectivity index (χ3v) is 2.97. The molecule has 106 valence electrons. The zero-order valence-corrected chi connectivity index (χ0v) is 11.1. The minimum absolute atomic E-state index is 0.0626. The van der Waals surface area contributed by atoms with Crippen molar-refractivity contribution in [2.24, 2.45) is 0 Å². The number of pyridine rings is 1. The van der Waals surface area contributed by atoms with Gasteiger partial charge in [0.15, 0.2) is 5.69 Å². The maximum absolute atomic E-state index is 11.0. The number of rotatable bonds is 4. The SMILES string of the molecule is CCc1cccnc1-c1noc(-c2[nH]cnc2C(=O)O)n1. The topological polar surface area (TPSA) is 118 Å². The molecule has 3 rings (SSSR count). The van der Waals surface area contributed by atoms with Gasteiger partial charge in [-0.25, -0.2) is 9.78 Å². The van der Waals surface area contributed by atoms with Crippen LogP contribution < -0.4 is 0 Å². The van der Waals surface area contributed by atoms with Gasteiger partial charge >= 0.3 is 5.97 Å². The minimum Gasteiger partial charge on any atom is -0.476 e. The summed E-state index contributed by atoms with van der Waals surface area (Å²) < 4.78 is 5.12. The van der Waals surface area contributed by atoms with Crippen LogP contribution in [0, 0.1) is 0 Å². The highest BCUT2D eigenvalue weighted by atomic mass is 16.5. The predicted octanol–water partition coefficient (Wildman–Crippen LogP) is 1.78. The molecule has 0 aliphatic carbocycles. The number of carboxylic acids is 1. The predicted molar refractivity (Wildman–Crippen MR) is 71.4 cm³/mol. The maximum Gasteiger partial charge on any atom is 0.356 e. The van der Waals surface area contributed by atoms with Gasteiger partial charge < -0.3 is 14.6 Å². The minimum atomic E-state index is -1.17. The Bertz CT molecular complexity index is 792. The summed E-state index contributed by atoms with van der Waals surface area (Å²) in [5.41, 5.74) is 1.61. The molecule has 0 bridgehead atoms. The Kier molecular flexibility index (Phi) is 3.19. The number of aromatic carboxylic acids is 1. The normalized spacial score (nSPS) is 10.7. The summed E-state index contributed by atoms with van der Waals surface area (Å²) >= 11 is 0. The van der Waals surface area contributed by atoms with Crippen LogP contribution in [0.2, 0.25) is 0 Å². The molecule has 0 amide bonds. The fraction of sp³-hybridized carbons (Fsp3) is 0.154. The van der Waals surface area contributed by atoms with Crippen molar-refractivity contribution in [3.63, 3.8) is 0 Å². The van der Waals surface area contributed by atoms with Crippen LogP contribution in [-0.2, 0) is 6.42 Å². The molecule has 0 fully saturated rings. The van der Waals surface area contributed by atoms with Crippen molar-refractivity contribution in [2.45, 2.75) is 13.3 Å². The molecule has 8 heteroatoms. The molecule has 21 heavy (non-hydrogen) atoms. The average Bonchev–Trinajstić information content (AvgIpc) is 3.15. The highest BCUT2D eigenvalue weighted by Crippen LogP contribution is 2.23. The number of H-pyrrole nitrogens is 1. The Morgan fingerprint density at radius 1 is 1.43 bits per heavy atom. The molecule has 0 unspecified atom stereocenters. The number of aromatic nitrogens is 5. The van der Waals surface area contributed by atoms with E-state index in [1.54, 1.807) is 6.20 Å². The molecule has 0 radical (unpaired) electrons. The summed E-state index contributed by atoms with van der Waals surface area (Å²) in [6.07, 6.45) is 3.68. The molecule has 0 atom stereocenters.